The summed E-state index contributed by atoms with van der Waals surface area (Å²) in [5, 5.41) is 10.2. The van der Waals surface area contributed by atoms with Crippen LogP contribution in [-0.2, 0) is 0 Å². The van der Waals surface area contributed by atoms with Gasteiger partial charge in [-0.2, -0.15) is 5.11 Å². The quantitative estimate of drug-likeness (QED) is 0.570. The van der Waals surface area contributed by atoms with Gasteiger partial charge in [0.15, 0.2) is 0 Å². The first kappa shape index (κ1) is 8.50. The molecule has 1 unspecified atom stereocenters. The molecule has 64 valence electrons. The second-order valence-electron chi connectivity index (χ2n) is 3.83. The van der Waals surface area contributed by atoms with Crippen molar-refractivity contribution in [1.29, 1.82) is 0 Å². The van der Waals surface area contributed by atoms with Crippen LogP contribution in [0.15, 0.2) is 10.3 Å². The van der Waals surface area contributed by atoms with Crippen molar-refractivity contribution in [3.63, 3.8) is 0 Å². The van der Waals surface area contributed by atoms with Crippen LogP contribution in [0.1, 0.15) is 27.2 Å². The lowest BCUT2D eigenvalue weighted by Crippen LogP contribution is -2.36. The Balaban J connectivity index is 2.68. The minimum absolute atomic E-state index is 0.0759. The highest BCUT2D eigenvalue weighted by Gasteiger charge is 2.30. The maximum atomic E-state index is 4.29. The third-order valence-corrected chi connectivity index (χ3v) is 2.61. The molecule has 0 aromatic carbocycles. The summed E-state index contributed by atoms with van der Waals surface area (Å²) in [5.74, 6) is 0.583. The zero-order valence-electron chi connectivity index (χ0n) is 7.83. The topological polar surface area (TPSA) is 28.0 Å². The third-order valence-electron chi connectivity index (χ3n) is 2.61. The van der Waals surface area contributed by atoms with Gasteiger partial charge in [-0.05, 0) is 19.3 Å². The average Bonchev–Trinajstić information content (AvgIpc) is 1.95. The van der Waals surface area contributed by atoms with E-state index in [1.807, 2.05) is 12.1 Å². The Morgan fingerprint density at radius 2 is 2.09 bits per heavy atom. The van der Waals surface area contributed by atoms with E-state index in [0.717, 1.165) is 13.0 Å². The van der Waals surface area contributed by atoms with Gasteiger partial charge < -0.3 is 0 Å². The van der Waals surface area contributed by atoms with Gasteiger partial charge >= 0.3 is 0 Å². The van der Waals surface area contributed by atoms with Crippen molar-refractivity contribution < 1.29 is 0 Å². The molecular weight excluding hydrogens is 138 g/mol. The van der Waals surface area contributed by atoms with Crippen molar-refractivity contribution in [3.8, 4) is 0 Å². The van der Waals surface area contributed by atoms with Gasteiger partial charge in [-0.15, -0.1) is 0 Å². The third kappa shape index (κ3) is 1.70. The van der Waals surface area contributed by atoms with Crippen LogP contribution in [0.3, 0.4) is 0 Å². The summed E-state index contributed by atoms with van der Waals surface area (Å²) in [4.78, 5) is 0. The highest BCUT2D eigenvalue weighted by molar-refractivity contribution is 4.87. The van der Waals surface area contributed by atoms with Gasteiger partial charge in [0.1, 0.15) is 0 Å². The van der Waals surface area contributed by atoms with Gasteiger partial charge in [-0.1, -0.05) is 19.1 Å². The van der Waals surface area contributed by atoms with Gasteiger partial charge in [-0.3, -0.25) is 5.01 Å². The number of hydrogen-bond acceptors (Lipinski definition) is 3. The molecule has 0 amide bonds. The number of nitrogens with zero attached hydrogens (tertiary/aromatic N) is 3. The fourth-order valence-corrected chi connectivity index (χ4v) is 1.07. The fraction of sp³-hybridized carbons (Fsp3) is 1.00. The Morgan fingerprint density at radius 1 is 1.45 bits per heavy atom. The van der Waals surface area contributed by atoms with Crippen molar-refractivity contribution in [3.05, 3.63) is 0 Å². The van der Waals surface area contributed by atoms with Gasteiger partial charge in [0.05, 0.1) is 5.54 Å². The summed E-state index contributed by atoms with van der Waals surface area (Å²) in [6, 6.07) is 0. The summed E-state index contributed by atoms with van der Waals surface area (Å²) in [6.07, 6.45) is 1.12. The van der Waals surface area contributed by atoms with Crippen molar-refractivity contribution in [2.24, 2.45) is 16.3 Å². The van der Waals surface area contributed by atoms with E-state index in [4.69, 9.17) is 0 Å². The molecule has 0 aliphatic carbocycles. The molecule has 1 atom stereocenters. The molecule has 1 heterocycles. The SMILES string of the molecule is CC(C)C1(C)CCN(C)N=N1. The zero-order chi connectivity index (χ0) is 8.48. The molecule has 0 N–H and O–H groups in total. The predicted octanol–water partition coefficient (Wildman–Crippen LogP) is 2.10. The van der Waals surface area contributed by atoms with Crippen LogP contribution in [-0.4, -0.2) is 24.1 Å². The lowest BCUT2D eigenvalue weighted by molar-refractivity contribution is 0.178. The molecule has 0 saturated carbocycles. The molecule has 0 aromatic rings. The van der Waals surface area contributed by atoms with E-state index < -0.39 is 0 Å². The maximum absolute atomic E-state index is 4.29. The van der Waals surface area contributed by atoms with E-state index in [-0.39, 0.29) is 5.54 Å². The molecular formula is C8H17N3. The highest BCUT2D eigenvalue weighted by atomic mass is 15.5. The normalized spacial score (nSPS) is 31.5. The largest absolute Gasteiger partial charge is 0.282 e. The molecule has 3 heteroatoms. The molecule has 1 rings (SSSR count). The summed E-state index contributed by atoms with van der Waals surface area (Å²) in [5.41, 5.74) is 0.0759. The van der Waals surface area contributed by atoms with Crippen LogP contribution in [0.4, 0.5) is 0 Å². The first-order chi connectivity index (χ1) is 5.04. The molecule has 0 saturated heterocycles. The van der Waals surface area contributed by atoms with Crippen molar-refractivity contribution in [1.82, 2.24) is 5.01 Å². The highest BCUT2D eigenvalue weighted by Crippen LogP contribution is 2.28. The van der Waals surface area contributed by atoms with Crippen LogP contribution in [0.5, 0.6) is 0 Å². The Bertz CT molecular complexity index is 165. The van der Waals surface area contributed by atoms with Crippen molar-refractivity contribution >= 4 is 0 Å². The number of hydrogen-bond donors (Lipinski definition) is 0. The monoisotopic (exact) mass is 155 g/mol. The molecule has 0 radical (unpaired) electrons. The van der Waals surface area contributed by atoms with E-state index in [9.17, 15) is 0 Å². The molecule has 1 aliphatic heterocycles. The van der Waals surface area contributed by atoms with Crippen molar-refractivity contribution in [2.75, 3.05) is 13.6 Å². The smallest absolute Gasteiger partial charge is 0.0849 e. The van der Waals surface area contributed by atoms with Crippen LogP contribution in [0.25, 0.3) is 0 Å². The lowest BCUT2D eigenvalue weighted by atomic mass is 9.86. The predicted molar refractivity (Wildman–Crippen MR) is 45.3 cm³/mol. The fourth-order valence-electron chi connectivity index (χ4n) is 1.07. The molecule has 0 fully saturated rings. The Kier molecular flexibility index (Phi) is 2.16. The first-order valence-electron chi connectivity index (χ1n) is 4.18. The summed E-state index contributed by atoms with van der Waals surface area (Å²) in [7, 11) is 1.96. The number of rotatable bonds is 1. The minimum atomic E-state index is 0.0759. The van der Waals surface area contributed by atoms with E-state index in [0.29, 0.717) is 5.92 Å². The van der Waals surface area contributed by atoms with Crippen LogP contribution in [0.2, 0.25) is 0 Å². The standard InChI is InChI=1S/C8H17N3/c1-7(2)8(3)5-6-11(4)10-9-8/h7H,5-6H2,1-4H3. The minimum Gasteiger partial charge on any atom is -0.282 e. The van der Waals surface area contributed by atoms with Gasteiger partial charge in [0, 0.05) is 13.6 Å². The zero-order valence-corrected chi connectivity index (χ0v) is 7.83. The Morgan fingerprint density at radius 3 is 2.45 bits per heavy atom. The first-order valence-corrected chi connectivity index (χ1v) is 4.18. The van der Waals surface area contributed by atoms with Gasteiger partial charge in [0.25, 0.3) is 0 Å². The van der Waals surface area contributed by atoms with Crippen LogP contribution >= 0.6 is 0 Å². The second kappa shape index (κ2) is 2.80. The summed E-state index contributed by atoms with van der Waals surface area (Å²) < 4.78 is 0. The molecule has 1 aliphatic rings. The average molecular weight is 155 g/mol. The van der Waals surface area contributed by atoms with Crippen molar-refractivity contribution in [2.45, 2.75) is 32.7 Å². The van der Waals surface area contributed by atoms with E-state index in [1.165, 1.54) is 0 Å². The van der Waals surface area contributed by atoms with Gasteiger partial charge in [-0.25, -0.2) is 0 Å². The van der Waals surface area contributed by atoms with E-state index in [2.05, 4.69) is 31.1 Å². The molecule has 3 nitrogen and oxygen atoms in total. The Hall–Kier alpha value is -0.600. The van der Waals surface area contributed by atoms with Gasteiger partial charge in [0.2, 0.25) is 0 Å². The summed E-state index contributed by atoms with van der Waals surface area (Å²) in [6.45, 7) is 7.60. The molecule has 0 spiro atoms. The lowest BCUT2D eigenvalue weighted by Gasteiger charge is -2.33. The van der Waals surface area contributed by atoms with E-state index >= 15 is 0 Å². The summed E-state index contributed by atoms with van der Waals surface area (Å²) >= 11 is 0. The molecule has 0 bridgehead atoms. The maximum Gasteiger partial charge on any atom is 0.0849 e. The molecule has 11 heavy (non-hydrogen) atoms. The van der Waals surface area contributed by atoms with Crippen LogP contribution < -0.4 is 0 Å². The van der Waals surface area contributed by atoms with E-state index in [1.54, 1.807) is 0 Å². The van der Waals surface area contributed by atoms with Crippen LogP contribution in [0, 0.1) is 5.92 Å². The molecule has 0 aromatic heterocycles. The second-order valence-corrected chi connectivity index (χ2v) is 3.83. The Labute approximate surface area is 68.5 Å².